The molecule has 51 heavy (non-hydrogen) atoms. The molecular formula is C40H47N7O4. The van der Waals surface area contributed by atoms with Gasteiger partial charge in [-0.1, -0.05) is 70.2 Å². The number of methoxy groups -OCH3 is 1. The standard InChI is InChI=1S/C40H47N7O4/c1-23(2)20-34(48)46-18-6-9-33(46)38-42-30-17-15-28-21-27(14-16-29(28)36(30)44-38)25-10-12-26(13-11-25)31-22-41-37(43-31)32-8-7-19-47(32)39(49)35(24(3)4)45-40(50)51-5/h10-17,21-24,32-33,35H,6-9,18-20H2,1-5H3,(H,41,43)(H,42,44)(H,45,50)/t32-,33-,35-/m0/s1. The number of ether oxygens (including phenoxy) is 1. The van der Waals surface area contributed by atoms with Crippen molar-refractivity contribution in [1.29, 1.82) is 0 Å². The molecule has 2 aliphatic heterocycles. The van der Waals surface area contributed by atoms with E-state index in [1.165, 1.54) is 7.11 Å². The Hall–Kier alpha value is -5.19. The largest absolute Gasteiger partial charge is 0.453 e. The Morgan fingerprint density at radius 3 is 2.25 bits per heavy atom. The number of hydrogen-bond acceptors (Lipinski definition) is 6. The molecule has 3 atom stereocenters. The number of benzene rings is 3. The summed E-state index contributed by atoms with van der Waals surface area (Å²) in [7, 11) is 1.30. The summed E-state index contributed by atoms with van der Waals surface area (Å²) in [5.74, 6) is 1.93. The summed E-state index contributed by atoms with van der Waals surface area (Å²) in [5, 5.41) is 4.89. The molecule has 5 aromatic rings. The van der Waals surface area contributed by atoms with E-state index in [0.29, 0.717) is 18.9 Å². The molecule has 0 radical (unpaired) electrons. The zero-order valence-electron chi connectivity index (χ0n) is 30.0. The van der Waals surface area contributed by atoms with Crippen molar-refractivity contribution in [3.63, 3.8) is 0 Å². The Labute approximate surface area is 298 Å². The number of rotatable bonds is 9. The highest BCUT2D eigenvalue weighted by molar-refractivity contribution is 6.05. The highest BCUT2D eigenvalue weighted by atomic mass is 16.5. The first-order chi connectivity index (χ1) is 24.6. The Kier molecular flexibility index (Phi) is 9.54. The van der Waals surface area contributed by atoms with Gasteiger partial charge >= 0.3 is 6.09 Å². The van der Waals surface area contributed by atoms with Crippen molar-refractivity contribution in [3.8, 4) is 22.4 Å². The Morgan fingerprint density at radius 2 is 1.55 bits per heavy atom. The summed E-state index contributed by atoms with van der Waals surface area (Å²) in [5.41, 5.74) is 6.00. The number of H-pyrrole nitrogens is 2. The number of likely N-dealkylation sites (tertiary alicyclic amines) is 2. The number of hydrogen-bond donors (Lipinski definition) is 3. The van der Waals surface area contributed by atoms with Crippen molar-refractivity contribution >= 4 is 39.7 Å². The molecule has 0 unspecified atom stereocenters. The van der Waals surface area contributed by atoms with Crippen LogP contribution in [0.15, 0.2) is 60.8 Å². The first kappa shape index (κ1) is 34.3. The SMILES string of the molecule is COC(=O)N[C@H](C(=O)N1CCC[C@H]1c1ncc(-c2ccc(-c3ccc4c(ccc5[nH]c([C@@H]6CCCN6C(=O)CC(C)C)nc54)c3)cc2)[nH]1)C(C)C. The number of nitrogens with one attached hydrogen (secondary N) is 3. The van der Waals surface area contributed by atoms with Gasteiger partial charge < -0.3 is 29.8 Å². The smallest absolute Gasteiger partial charge is 0.407 e. The van der Waals surface area contributed by atoms with Gasteiger partial charge in [-0.05, 0) is 71.7 Å². The van der Waals surface area contributed by atoms with Crippen LogP contribution in [0.25, 0.3) is 44.2 Å². The van der Waals surface area contributed by atoms with E-state index in [1.807, 2.05) is 29.8 Å². The number of amides is 3. The molecule has 2 aromatic heterocycles. The number of alkyl carbamates (subject to hydrolysis) is 1. The van der Waals surface area contributed by atoms with E-state index in [1.54, 1.807) is 0 Å². The second-order valence-corrected chi connectivity index (χ2v) is 14.7. The number of aromatic nitrogens is 4. The molecule has 0 spiro atoms. The second-order valence-electron chi connectivity index (χ2n) is 14.7. The third kappa shape index (κ3) is 6.81. The minimum Gasteiger partial charge on any atom is -0.453 e. The minimum absolute atomic E-state index is 0.00500. The highest BCUT2D eigenvalue weighted by Gasteiger charge is 2.37. The Bertz CT molecular complexity index is 2060. The van der Waals surface area contributed by atoms with Gasteiger partial charge in [0.1, 0.15) is 17.7 Å². The zero-order valence-corrected chi connectivity index (χ0v) is 30.0. The van der Waals surface area contributed by atoms with Crippen molar-refractivity contribution in [2.45, 2.75) is 77.9 Å². The van der Waals surface area contributed by atoms with Gasteiger partial charge in [-0.25, -0.2) is 14.8 Å². The number of carbonyl (C=O) groups excluding carboxylic acids is 3. The summed E-state index contributed by atoms with van der Waals surface area (Å²) < 4.78 is 4.76. The van der Waals surface area contributed by atoms with Gasteiger partial charge in [-0.3, -0.25) is 9.59 Å². The lowest BCUT2D eigenvalue weighted by molar-refractivity contribution is -0.135. The molecule has 0 saturated carbocycles. The Balaban J connectivity index is 1.07. The molecule has 0 aliphatic carbocycles. The van der Waals surface area contributed by atoms with E-state index < -0.39 is 12.1 Å². The van der Waals surface area contributed by atoms with Gasteiger partial charge in [0.05, 0.1) is 42.1 Å². The van der Waals surface area contributed by atoms with Gasteiger partial charge in [0, 0.05) is 24.9 Å². The highest BCUT2D eigenvalue weighted by Crippen LogP contribution is 2.36. The maximum Gasteiger partial charge on any atom is 0.407 e. The predicted octanol–water partition coefficient (Wildman–Crippen LogP) is 7.53. The van der Waals surface area contributed by atoms with Crippen molar-refractivity contribution in [3.05, 3.63) is 72.4 Å². The van der Waals surface area contributed by atoms with Gasteiger partial charge in [0.2, 0.25) is 11.8 Å². The first-order valence-electron chi connectivity index (χ1n) is 18.1. The van der Waals surface area contributed by atoms with Crippen LogP contribution in [0, 0.1) is 11.8 Å². The van der Waals surface area contributed by atoms with Crippen molar-refractivity contribution < 1.29 is 19.1 Å². The third-order valence-electron chi connectivity index (χ3n) is 10.3. The lowest BCUT2D eigenvalue weighted by Crippen LogP contribution is -2.51. The summed E-state index contributed by atoms with van der Waals surface area (Å²) >= 11 is 0. The minimum atomic E-state index is -0.674. The molecule has 4 heterocycles. The third-order valence-corrected chi connectivity index (χ3v) is 10.3. The number of nitrogens with zero attached hydrogens (tertiary/aromatic N) is 4. The molecular weight excluding hydrogens is 642 g/mol. The molecule has 7 rings (SSSR count). The zero-order chi connectivity index (χ0) is 35.8. The number of imidazole rings is 2. The van der Waals surface area contributed by atoms with Gasteiger partial charge in [0.25, 0.3) is 0 Å². The van der Waals surface area contributed by atoms with Crippen molar-refractivity contribution in [2.24, 2.45) is 11.8 Å². The molecule has 11 nitrogen and oxygen atoms in total. The van der Waals surface area contributed by atoms with Crippen LogP contribution in [-0.2, 0) is 14.3 Å². The molecule has 3 N–H and O–H groups in total. The Morgan fingerprint density at radius 1 is 0.863 bits per heavy atom. The van der Waals surface area contributed by atoms with E-state index in [4.69, 9.17) is 9.72 Å². The normalized spacial score (nSPS) is 18.3. The van der Waals surface area contributed by atoms with E-state index in [-0.39, 0.29) is 29.8 Å². The average Bonchev–Trinajstić information content (AvgIpc) is 3.95. The van der Waals surface area contributed by atoms with Gasteiger partial charge in [-0.2, -0.15) is 0 Å². The van der Waals surface area contributed by atoms with Crippen LogP contribution in [0.5, 0.6) is 0 Å². The molecule has 11 heteroatoms. The molecule has 3 aromatic carbocycles. The van der Waals surface area contributed by atoms with E-state index in [9.17, 15) is 14.4 Å². The predicted molar refractivity (Wildman–Crippen MR) is 198 cm³/mol. The quantitative estimate of drug-likeness (QED) is 0.146. The molecule has 2 saturated heterocycles. The van der Waals surface area contributed by atoms with E-state index >= 15 is 0 Å². The molecule has 2 fully saturated rings. The van der Waals surface area contributed by atoms with Crippen LogP contribution in [-0.4, -0.2) is 73.9 Å². The summed E-state index contributed by atoms with van der Waals surface area (Å²) in [6.07, 6.45) is 5.35. The first-order valence-corrected chi connectivity index (χ1v) is 18.1. The van der Waals surface area contributed by atoms with Crippen LogP contribution in [0.3, 0.4) is 0 Å². The van der Waals surface area contributed by atoms with Crippen LogP contribution < -0.4 is 5.32 Å². The fourth-order valence-corrected chi connectivity index (χ4v) is 7.66. The topological polar surface area (TPSA) is 136 Å². The fraction of sp³-hybridized carbons (Fsp3) is 0.425. The van der Waals surface area contributed by atoms with Gasteiger partial charge in [-0.15, -0.1) is 0 Å². The maximum atomic E-state index is 13.5. The summed E-state index contributed by atoms with van der Waals surface area (Å²) in [6, 6.07) is 18.2. The maximum absolute atomic E-state index is 13.5. The molecule has 266 valence electrons. The number of carbonyl (C=O) groups is 3. The fourth-order valence-electron chi connectivity index (χ4n) is 7.66. The summed E-state index contributed by atoms with van der Waals surface area (Å²) in [6.45, 7) is 9.39. The van der Waals surface area contributed by atoms with Crippen LogP contribution in [0.4, 0.5) is 4.79 Å². The summed E-state index contributed by atoms with van der Waals surface area (Å²) in [4.78, 5) is 59.0. The monoisotopic (exact) mass is 689 g/mol. The van der Waals surface area contributed by atoms with Gasteiger partial charge in [0.15, 0.2) is 0 Å². The average molecular weight is 690 g/mol. The van der Waals surface area contributed by atoms with Crippen molar-refractivity contribution in [1.82, 2.24) is 35.1 Å². The lowest BCUT2D eigenvalue weighted by Gasteiger charge is -2.30. The molecule has 3 amide bonds. The molecule has 0 bridgehead atoms. The number of aromatic amines is 2. The van der Waals surface area contributed by atoms with Crippen molar-refractivity contribution in [2.75, 3.05) is 20.2 Å². The lowest BCUT2D eigenvalue weighted by atomic mass is 9.99. The van der Waals surface area contributed by atoms with Crippen LogP contribution in [0.2, 0.25) is 0 Å². The number of fused-ring (bicyclic) bond motifs is 3. The molecule has 2 aliphatic rings. The van der Waals surface area contributed by atoms with Crippen LogP contribution in [0.1, 0.15) is 83.5 Å². The van der Waals surface area contributed by atoms with E-state index in [0.717, 1.165) is 88.1 Å². The van der Waals surface area contributed by atoms with E-state index in [2.05, 4.69) is 88.7 Å². The second kappa shape index (κ2) is 14.2. The van der Waals surface area contributed by atoms with Crippen LogP contribution >= 0.6 is 0 Å².